The molecule has 0 spiro atoms. The normalized spacial score (nSPS) is 13.6. The molecule has 2 N–H and O–H groups in total. The molecule has 24 heavy (non-hydrogen) atoms. The molecule has 0 aliphatic carbocycles. The number of hydrogen-bond donors (Lipinski definition) is 2. The van der Waals surface area contributed by atoms with Crippen LogP contribution in [0.1, 0.15) is 18.5 Å². The second-order valence-electron chi connectivity index (χ2n) is 6.17. The minimum atomic E-state index is -0.517. The Labute approximate surface area is 142 Å². The first kappa shape index (κ1) is 18.2. The van der Waals surface area contributed by atoms with Crippen molar-refractivity contribution in [2.24, 2.45) is 0 Å². The van der Waals surface area contributed by atoms with Crippen LogP contribution in [0.2, 0.25) is 0 Å². The van der Waals surface area contributed by atoms with Crippen LogP contribution in [0.5, 0.6) is 5.75 Å². The number of hydrogen-bond acceptors (Lipinski definition) is 4. The number of halogens is 1. The zero-order valence-electron chi connectivity index (χ0n) is 14.4. The van der Waals surface area contributed by atoms with Crippen LogP contribution in [-0.2, 0) is 0 Å². The SMILES string of the molecule is CC(Nc1ccc(OCC(O)CN(C)C)cc1)c1ccc(F)cc1. The Morgan fingerprint density at radius 1 is 1.08 bits per heavy atom. The molecule has 2 unspecified atom stereocenters. The van der Waals surface area contributed by atoms with Crippen LogP contribution in [0.25, 0.3) is 0 Å². The van der Waals surface area contributed by atoms with Crippen molar-refractivity contribution in [1.82, 2.24) is 4.90 Å². The van der Waals surface area contributed by atoms with Crippen LogP contribution < -0.4 is 10.1 Å². The molecule has 0 amide bonds. The lowest BCUT2D eigenvalue weighted by Crippen LogP contribution is -2.30. The van der Waals surface area contributed by atoms with Gasteiger partial charge in [0.15, 0.2) is 0 Å². The number of ether oxygens (including phenoxy) is 1. The third kappa shape index (κ3) is 5.83. The number of aliphatic hydroxyl groups is 1. The van der Waals surface area contributed by atoms with Crippen molar-refractivity contribution in [3.8, 4) is 5.75 Å². The third-order valence-electron chi connectivity index (χ3n) is 3.63. The average molecular weight is 332 g/mol. The van der Waals surface area contributed by atoms with Crippen molar-refractivity contribution in [2.75, 3.05) is 32.6 Å². The van der Waals surface area contributed by atoms with Crippen LogP contribution in [0, 0.1) is 5.82 Å². The van der Waals surface area contributed by atoms with E-state index in [0.29, 0.717) is 12.3 Å². The Hall–Kier alpha value is -2.11. The summed E-state index contributed by atoms with van der Waals surface area (Å²) in [5, 5.41) is 13.2. The van der Waals surface area contributed by atoms with E-state index in [-0.39, 0.29) is 18.5 Å². The third-order valence-corrected chi connectivity index (χ3v) is 3.63. The van der Waals surface area contributed by atoms with Crippen molar-refractivity contribution >= 4 is 5.69 Å². The molecule has 2 aromatic rings. The van der Waals surface area contributed by atoms with E-state index in [1.807, 2.05) is 50.2 Å². The van der Waals surface area contributed by atoms with E-state index in [1.165, 1.54) is 12.1 Å². The van der Waals surface area contributed by atoms with Crippen LogP contribution in [0.3, 0.4) is 0 Å². The van der Waals surface area contributed by atoms with E-state index in [2.05, 4.69) is 5.32 Å². The van der Waals surface area contributed by atoms with Gasteiger partial charge in [-0.15, -0.1) is 0 Å². The summed E-state index contributed by atoms with van der Waals surface area (Å²) < 4.78 is 18.5. The first-order chi connectivity index (χ1) is 11.4. The van der Waals surface area contributed by atoms with Gasteiger partial charge in [0.25, 0.3) is 0 Å². The van der Waals surface area contributed by atoms with Crippen molar-refractivity contribution < 1.29 is 14.2 Å². The minimum Gasteiger partial charge on any atom is -0.491 e. The van der Waals surface area contributed by atoms with Gasteiger partial charge < -0.3 is 20.1 Å². The zero-order chi connectivity index (χ0) is 17.5. The van der Waals surface area contributed by atoms with Gasteiger partial charge in [0, 0.05) is 18.3 Å². The van der Waals surface area contributed by atoms with E-state index in [4.69, 9.17) is 4.74 Å². The largest absolute Gasteiger partial charge is 0.491 e. The Morgan fingerprint density at radius 2 is 1.71 bits per heavy atom. The van der Waals surface area contributed by atoms with E-state index in [0.717, 1.165) is 11.3 Å². The zero-order valence-corrected chi connectivity index (χ0v) is 14.4. The molecule has 2 atom stereocenters. The van der Waals surface area contributed by atoms with Crippen molar-refractivity contribution in [3.63, 3.8) is 0 Å². The molecule has 5 heteroatoms. The Balaban J connectivity index is 1.86. The molecule has 0 aromatic heterocycles. The van der Waals surface area contributed by atoms with Gasteiger partial charge in [-0.1, -0.05) is 12.1 Å². The molecule has 2 rings (SSSR count). The fraction of sp³-hybridized carbons (Fsp3) is 0.368. The molecule has 0 radical (unpaired) electrons. The van der Waals surface area contributed by atoms with Gasteiger partial charge in [-0.05, 0) is 63.0 Å². The summed E-state index contributed by atoms with van der Waals surface area (Å²) in [6, 6.07) is 14.1. The predicted molar refractivity (Wildman–Crippen MR) is 94.9 cm³/mol. The fourth-order valence-corrected chi connectivity index (χ4v) is 2.40. The molecule has 4 nitrogen and oxygen atoms in total. The maximum atomic E-state index is 13.0. The molecule has 0 aliphatic rings. The van der Waals surface area contributed by atoms with E-state index < -0.39 is 6.10 Å². The Bertz CT molecular complexity index is 614. The summed E-state index contributed by atoms with van der Waals surface area (Å²) in [7, 11) is 3.82. The average Bonchev–Trinajstić information content (AvgIpc) is 2.54. The van der Waals surface area contributed by atoms with Gasteiger partial charge in [-0.25, -0.2) is 4.39 Å². The standard InChI is InChI=1S/C19H25FN2O2/c1-14(15-4-6-16(20)7-5-15)21-17-8-10-19(11-9-17)24-13-18(23)12-22(2)3/h4-11,14,18,21,23H,12-13H2,1-3H3. The summed E-state index contributed by atoms with van der Waals surface area (Å²) in [4.78, 5) is 1.91. The number of benzene rings is 2. The lowest BCUT2D eigenvalue weighted by atomic mass is 10.1. The number of nitrogens with one attached hydrogen (secondary N) is 1. The number of likely N-dealkylation sites (N-methyl/N-ethyl adjacent to an activating group) is 1. The van der Waals surface area contributed by atoms with Crippen LogP contribution in [0.4, 0.5) is 10.1 Å². The van der Waals surface area contributed by atoms with Crippen molar-refractivity contribution in [2.45, 2.75) is 19.1 Å². The van der Waals surface area contributed by atoms with E-state index in [9.17, 15) is 9.50 Å². The molecule has 2 aromatic carbocycles. The second kappa shape index (κ2) is 8.66. The van der Waals surface area contributed by atoms with E-state index >= 15 is 0 Å². The van der Waals surface area contributed by atoms with E-state index in [1.54, 1.807) is 12.1 Å². The summed E-state index contributed by atoms with van der Waals surface area (Å²) in [6.45, 7) is 2.85. The molecule has 0 bridgehead atoms. The predicted octanol–water partition coefficient (Wildman–Crippen LogP) is 3.30. The van der Waals surface area contributed by atoms with Gasteiger partial charge >= 0.3 is 0 Å². The van der Waals surface area contributed by atoms with Crippen molar-refractivity contribution in [3.05, 3.63) is 59.9 Å². The topological polar surface area (TPSA) is 44.7 Å². The minimum absolute atomic E-state index is 0.0688. The maximum Gasteiger partial charge on any atom is 0.123 e. The van der Waals surface area contributed by atoms with Gasteiger partial charge in [0.2, 0.25) is 0 Å². The van der Waals surface area contributed by atoms with Crippen molar-refractivity contribution in [1.29, 1.82) is 0 Å². The number of anilines is 1. The van der Waals surface area contributed by atoms with Crippen LogP contribution in [-0.4, -0.2) is 43.4 Å². The first-order valence-corrected chi connectivity index (χ1v) is 8.01. The molecule has 0 fully saturated rings. The second-order valence-corrected chi connectivity index (χ2v) is 6.17. The highest BCUT2D eigenvalue weighted by molar-refractivity contribution is 5.48. The summed E-state index contributed by atoms with van der Waals surface area (Å²) >= 11 is 0. The molecule has 0 aliphatic heterocycles. The van der Waals surface area contributed by atoms with Gasteiger partial charge in [0.1, 0.15) is 24.3 Å². The number of nitrogens with zero attached hydrogens (tertiary/aromatic N) is 1. The molecule has 0 saturated carbocycles. The summed E-state index contributed by atoms with van der Waals surface area (Å²) in [6.07, 6.45) is -0.517. The number of rotatable bonds is 8. The highest BCUT2D eigenvalue weighted by Gasteiger charge is 2.08. The smallest absolute Gasteiger partial charge is 0.123 e. The van der Waals surface area contributed by atoms with Crippen LogP contribution >= 0.6 is 0 Å². The summed E-state index contributed by atoms with van der Waals surface area (Å²) in [5.41, 5.74) is 1.97. The lowest BCUT2D eigenvalue weighted by Gasteiger charge is -2.18. The Morgan fingerprint density at radius 3 is 2.29 bits per heavy atom. The highest BCUT2D eigenvalue weighted by Crippen LogP contribution is 2.22. The van der Waals surface area contributed by atoms with Gasteiger partial charge in [0.05, 0.1) is 0 Å². The molecular formula is C19H25FN2O2. The monoisotopic (exact) mass is 332 g/mol. The molecule has 130 valence electrons. The maximum absolute atomic E-state index is 13.0. The number of aliphatic hydroxyl groups excluding tert-OH is 1. The molecular weight excluding hydrogens is 307 g/mol. The van der Waals surface area contributed by atoms with Crippen LogP contribution in [0.15, 0.2) is 48.5 Å². The highest BCUT2D eigenvalue weighted by atomic mass is 19.1. The molecule has 0 heterocycles. The Kier molecular flexibility index (Phi) is 6.58. The quantitative estimate of drug-likeness (QED) is 0.778. The lowest BCUT2D eigenvalue weighted by molar-refractivity contribution is 0.0831. The van der Waals surface area contributed by atoms with Gasteiger partial charge in [-0.3, -0.25) is 0 Å². The fourth-order valence-electron chi connectivity index (χ4n) is 2.40. The van der Waals surface area contributed by atoms with Gasteiger partial charge in [-0.2, -0.15) is 0 Å². The summed E-state index contributed by atoms with van der Waals surface area (Å²) in [5.74, 6) is 0.483. The molecule has 0 saturated heterocycles. The first-order valence-electron chi connectivity index (χ1n) is 8.01.